The van der Waals surface area contributed by atoms with Crippen LogP contribution in [0.4, 0.5) is 5.95 Å². The van der Waals surface area contributed by atoms with Gasteiger partial charge in [-0.2, -0.15) is 4.98 Å². The zero-order valence-corrected chi connectivity index (χ0v) is 22.8. The Hall–Kier alpha value is -2.08. The highest BCUT2D eigenvalue weighted by molar-refractivity contribution is 7.71. The lowest BCUT2D eigenvalue weighted by Crippen LogP contribution is -2.43. The summed E-state index contributed by atoms with van der Waals surface area (Å²) in [5.41, 5.74) is 3.70. The molecular formula is C26H43N5O5S. The molecule has 0 aliphatic carbocycles. The third kappa shape index (κ3) is 7.28. The molecule has 208 valence electrons. The highest BCUT2D eigenvalue weighted by atomic mass is 32.1. The van der Waals surface area contributed by atoms with Crippen molar-refractivity contribution in [1.29, 1.82) is 0 Å². The number of hydrogen-bond acceptors (Lipinski definition) is 8. The van der Waals surface area contributed by atoms with Gasteiger partial charge in [0, 0.05) is 12.8 Å². The number of nitrogens with one attached hydrogen (secondary N) is 2. The van der Waals surface area contributed by atoms with Gasteiger partial charge in [0.15, 0.2) is 21.7 Å². The van der Waals surface area contributed by atoms with Crippen molar-refractivity contribution in [2.45, 2.75) is 121 Å². The number of hydrogen-bond donors (Lipinski definition) is 5. The molecule has 2 aromatic rings. The fourth-order valence-corrected chi connectivity index (χ4v) is 5.58. The van der Waals surface area contributed by atoms with E-state index in [4.69, 9.17) is 22.7 Å². The zero-order chi connectivity index (χ0) is 26.8. The third-order valence-corrected chi connectivity index (χ3v) is 7.60. The summed E-state index contributed by atoms with van der Waals surface area (Å²) < 4.78 is 7.38. The van der Waals surface area contributed by atoms with Crippen LogP contribution in [0.1, 0.15) is 103 Å². The molecule has 10 nitrogen and oxygen atoms in total. The second-order valence-corrected chi connectivity index (χ2v) is 10.6. The Morgan fingerprint density at radius 1 is 1.08 bits per heavy atom. The van der Waals surface area contributed by atoms with Gasteiger partial charge in [0.25, 0.3) is 5.56 Å². The zero-order valence-electron chi connectivity index (χ0n) is 22.0. The predicted octanol–water partition coefficient (Wildman–Crippen LogP) is 4.21. The Balaban J connectivity index is 1.56. The number of Topliss-reactive ketones (excluding diaryl/α,β-unsaturated/α-hetero) is 1. The van der Waals surface area contributed by atoms with Gasteiger partial charge in [0.1, 0.15) is 6.10 Å². The van der Waals surface area contributed by atoms with Crippen molar-refractivity contribution in [2.75, 3.05) is 12.3 Å². The van der Waals surface area contributed by atoms with Crippen LogP contribution in [-0.4, -0.2) is 54.3 Å². The van der Waals surface area contributed by atoms with Crippen molar-refractivity contribution in [3.63, 3.8) is 0 Å². The standard InChI is InChI=1S/C26H43N5O5S/c1-2-3-4-5-6-7-8-9-10-11-12-13-14-15-20(34)26(16-18(33)19(17-32)36-26)31-22-21(28-25(31)37)23(35)30-24(27)29-22/h18-19,32-33H,2-17H2,1H3,(H,28,37)(H3,27,29,30,35)/t18-,19+,26-/m0/s1. The van der Waals surface area contributed by atoms with Crippen LogP contribution >= 0.6 is 12.2 Å². The number of aromatic amines is 2. The average Bonchev–Trinajstić information content (AvgIpc) is 3.38. The molecule has 3 heterocycles. The first-order chi connectivity index (χ1) is 17.8. The topological polar surface area (TPSA) is 159 Å². The molecule has 0 aromatic carbocycles. The normalized spacial score (nSPS) is 21.7. The summed E-state index contributed by atoms with van der Waals surface area (Å²) in [7, 11) is 0. The predicted molar refractivity (Wildman–Crippen MR) is 146 cm³/mol. The lowest BCUT2D eigenvalue weighted by Gasteiger charge is -2.29. The molecule has 11 heteroatoms. The molecule has 0 amide bonds. The molecule has 1 aliphatic heterocycles. The lowest BCUT2D eigenvalue weighted by atomic mass is 9.96. The molecule has 3 atom stereocenters. The van der Waals surface area contributed by atoms with Crippen molar-refractivity contribution in [3.05, 3.63) is 15.1 Å². The Morgan fingerprint density at radius 2 is 1.65 bits per heavy atom. The van der Waals surface area contributed by atoms with Crippen LogP contribution in [0.15, 0.2) is 4.79 Å². The molecule has 1 saturated heterocycles. The molecule has 0 radical (unpaired) electrons. The number of aliphatic hydroxyl groups is 2. The molecule has 0 bridgehead atoms. The first-order valence-corrected chi connectivity index (χ1v) is 14.3. The van der Waals surface area contributed by atoms with E-state index in [-0.39, 0.29) is 40.5 Å². The summed E-state index contributed by atoms with van der Waals surface area (Å²) in [6, 6.07) is 0. The number of carbonyl (C=O) groups is 1. The van der Waals surface area contributed by atoms with Crippen molar-refractivity contribution >= 4 is 35.1 Å². The summed E-state index contributed by atoms with van der Waals surface area (Å²) in [5.74, 6) is -0.403. The average molecular weight is 538 g/mol. The van der Waals surface area contributed by atoms with E-state index in [1.54, 1.807) is 0 Å². The maximum Gasteiger partial charge on any atom is 0.278 e. The van der Waals surface area contributed by atoms with Gasteiger partial charge in [-0.1, -0.05) is 84.0 Å². The number of carbonyl (C=O) groups excluding carboxylic acids is 1. The van der Waals surface area contributed by atoms with Gasteiger partial charge in [-0.25, -0.2) is 0 Å². The molecular weight excluding hydrogens is 494 g/mol. The van der Waals surface area contributed by atoms with Gasteiger partial charge in [-0.15, -0.1) is 0 Å². The van der Waals surface area contributed by atoms with E-state index in [0.29, 0.717) is 6.42 Å². The van der Waals surface area contributed by atoms with E-state index < -0.39 is 30.1 Å². The van der Waals surface area contributed by atoms with Crippen LogP contribution in [-0.2, 0) is 15.3 Å². The maximum atomic E-state index is 13.6. The second kappa shape index (κ2) is 14.2. The number of ether oxygens (including phenoxy) is 1. The second-order valence-electron chi connectivity index (χ2n) is 10.2. The van der Waals surface area contributed by atoms with E-state index >= 15 is 0 Å². The number of ketones is 1. The maximum absolute atomic E-state index is 13.6. The summed E-state index contributed by atoms with van der Waals surface area (Å²) in [5, 5.41) is 20.2. The summed E-state index contributed by atoms with van der Waals surface area (Å²) in [6.45, 7) is 1.78. The fraction of sp³-hybridized carbons (Fsp3) is 0.769. The third-order valence-electron chi connectivity index (χ3n) is 7.31. The monoisotopic (exact) mass is 537 g/mol. The minimum Gasteiger partial charge on any atom is -0.394 e. The van der Waals surface area contributed by atoms with Crippen LogP contribution in [0.5, 0.6) is 0 Å². The number of aliphatic hydroxyl groups excluding tert-OH is 2. The number of unbranched alkanes of at least 4 members (excludes halogenated alkanes) is 12. The molecule has 2 aromatic heterocycles. The SMILES string of the molecule is CCCCCCCCCCCCCCCC(=O)[C@]1(n2c(=S)[nH]c3c(=O)[nH]c(N)nc32)C[C@H](O)[C@@H](CO)O1. The van der Waals surface area contributed by atoms with Crippen molar-refractivity contribution in [1.82, 2.24) is 19.5 Å². The number of imidazole rings is 1. The van der Waals surface area contributed by atoms with Crippen molar-refractivity contribution in [2.24, 2.45) is 0 Å². The van der Waals surface area contributed by atoms with Crippen molar-refractivity contribution < 1.29 is 19.7 Å². The van der Waals surface area contributed by atoms with Gasteiger partial charge < -0.3 is 25.7 Å². The van der Waals surface area contributed by atoms with Crippen LogP contribution in [0.3, 0.4) is 0 Å². The Morgan fingerprint density at radius 3 is 2.19 bits per heavy atom. The fourth-order valence-electron chi connectivity index (χ4n) is 5.24. The van der Waals surface area contributed by atoms with E-state index in [2.05, 4.69) is 21.9 Å². The number of H-pyrrole nitrogens is 2. The Labute approximate surface area is 223 Å². The van der Waals surface area contributed by atoms with Crippen LogP contribution in [0.2, 0.25) is 0 Å². The quantitative estimate of drug-likeness (QED) is 0.148. The molecule has 6 N–H and O–H groups in total. The van der Waals surface area contributed by atoms with Gasteiger partial charge in [-0.3, -0.25) is 19.1 Å². The lowest BCUT2D eigenvalue weighted by molar-refractivity contribution is -0.161. The van der Waals surface area contributed by atoms with E-state index in [1.807, 2.05) is 0 Å². The van der Waals surface area contributed by atoms with Crippen LogP contribution < -0.4 is 11.3 Å². The number of anilines is 1. The van der Waals surface area contributed by atoms with E-state index in [9.17, 15) is 19.8 Å². The largest absolute Gasteiger partial charge is 0.394 e. The molecule has 1 aliphatic rings. The van der Waals surface area contributed by atoms with E-state index in [0.717, 1.165) is 19.3 Å². The van der Waals surface area contributed by atoms with Gasteiger partial charge in [0.2, 0.25) is 11.7 Å². The smallest absolute Gasteiger partial charge is 0.278 e. The van der Waals surface area contributed by atoms with Gasteiger partial charge in [-0.05, 0) is 18.6 Å². The molecule has 3 rings (SSSR count). The molecule has 0 saturated carbocycles. The molecule has 0 unspecified atom stereocenters. The number of rotatable bonds is 17. The minimum atomic E-state index is -1.67. The highest BCUT2D eigenvalue weighted by Crippen LogP contribution is 2.39. The minimum absolute atomic E-state index is 0.0584. The highest BCUT2D eigenvalue weighted by Gasteiger charge is 2.53. The van der Waals surface area contributed by atoms with Gasteiger partial charge >= 0.3 is 0 Å². The Kier molecular flexibility index (Phi) is 11.3. The number of nitrogens with two attached hydrogens (primary N) is 1. The summed E-state index contributed by atoms with van der Waals surface area (Å²) in [6.07, 6.45) is 13.7. The van der Waals surface area contributed by atoms with Crippen molar-refractivity contribution in [3.8, 4) is 0 Å². The molecule has 1 fully saturated rings. The first-order valence-electron chi connectivity index (χ1n) is 13.8. The number of nitrogen functional groups attached to an aromatic ring is 1. The van der Waals surface area contributed by atoms with Gasteiger partial charge in [0.05, 0.1) is 12.7 Å². The molecule has 0 spiro atoms. The Bertz CT molecular complexity index is 1130. The first kappa shape index (κ1) is 29.5. The van der Waals surface area contributed by atoms with E-state index in [1.165, 1.54) is 62.4 Å². The number of fused-ring (bicyclic) bond motifs is 1. The van der Waals surface area contributed by atoms with Crippen LogP contribution in [0, 0.1) is 4.77 Å². The summed E-state index contributed by atoms with van der Waals surface area (Å²) in [4.78, 5) is 35.3. The van der Waals surface area contributed by atoms with Crippen LogP contribution in [0.25, 0.3) is 11.2 Å². The molecule has 37 heavy (non-hydrogen) atoms. The number of nitrogens with zero attached hydrogens (tertiary/aromatic N) is 2. The number of aromatic nitrogens is 4. The summed E-state index contributed by atoms with van der Waals surface area (Å²) >= 11 is 5.43.